The molecule has 1 N–H and O–H groups in total. The summed E-state index contributed by atoms with van der Waals surface area (Å²) < 4.78 is 0.947. The molecule has 1 aromatic heterocycles. The molecule has 28 heavy (non-hydrogen) atoms. The van der Waals surface area contributed by atoms with Gasteiger partial charge in [-0.2, -0.15) is 0 Å². The van der Waals surface area contributed by atoms with E-state index in [-0.39, 0.29) is 18.4 Å². The zero-order valence-electron chi connectivity index (χ0n) is 15.8. The average molecular weight is 458 g/mol. The predicted octanol–water partition coefficient (Wildman–Crippen LogP) is 4.90. The molecule has 2 amide bonds. The summed E-state index contributed by atoms with van der Waals surface area (Å²) in [6.07, 6.45) is 0. The fourth-order valence-electron chi connectivity index (χ4n) is 2.64. The van der Waals surface area contributed by atoms with Crippen LogP contribution in [0.4, 0.5) is 5.69 Å². The summed E-state index contributed by atoms with van der Waals surface area (Å²) in [5.74, 6) is -0.535. The van der Waals surface area contributed by atoms with Crippen LogP contribution in [0, 0.1) is 13.8 Å². The lowest BCUT2D eigenvalue weighted by atomic mass is 10.2. The van der Waals surface area contributed by atoms with Crippen molar-refractivity contribution in [1.82, 2.24) is 9.88 Å². The molecule has 144 valence electrons. The largest absolute Gasteiger partial charge is 0.331 e. The van der Waals surface area contributed by atoms with Gasteiger partial charge in [0.2, 0.25) is 5.91 Å². The van der Waals surface area contributed by atoms with Crippen LogP contribution in [0.5, 0.6) is 0 Å². The third-order valence-electron chi connectivity index (χ3n) is 4.21. The second kappa shape index (κ2) is 8.67. The van der Waals surface area contributed by atoms with E-state index in [9.17, 15) is 9.59 Å². The summed E-state index contributed by atoms with van der Waals surface area (Å²) in [5.41, 5.74) is 4.16. The van der Waals surface area contributed by atoms with E-state index in [4.69, 9.17) is 0 Å². The topological polar surface area (TPSA) is 62.3 Å². The number of aryl methyl sites for hydroxylation is 2. The van der Waals surface area contributed by atoms with E-state index in [1.54, 1.807) is 12.4 Å². The Labute approximate surface area is 176 Å². The molecule has 0 fully saturated rings. The molecular formula is C21H20BrN3O2S. The zero-order valence-corrected chi connectivity index (χ0v) is 18.2. The van der Waals surface area contributed by atoms with Crippen LogP contribution in [0.2, 0.25) is 0 Å². The third kappa shape index (κ3) is 4.85. The normalized spacial score (nSPS) is 10.6. The van der Waals surface area contributed by atoms with Gasteiger partial charge in [0.1, 0.15) is 10.7 Å². The van der Waals surface area contributed by atoms with Crippen molar-refractivity contribution >= 4 is 44.8 Å². The van der Waals surface area contributed by atoms with Gasteiger partial charge in [-0.25, -0.2) is 4.98 Å². The van der Waals surface area contributed by atoms with Gasteiger partial charge in [-0.3, -0.25) is 9.59 Å². The number of nitrogens with one attached hydrogen (secondary N) is 1. The van der Waals surface area contributed by atoms with Crippen molar-refractivity contribution in [3.8, 4) is 10.6 Å². The maximum absolute atomic E-state index is 12.6. The molecule has 3 rings (SSSR count). The van der Waals surface area contributed by atoms with E-state index < -0.39 is 0 Å². The van der Waals surface area contributed by atoms with Crippen LogP contribution in [0.3, 0.4) is 0 Å². The van der Waals surface area contributed by atoms with Gasteiger partial charge in [-0.05, 0) is 37.6 Å². The van der Waals surface area contributed by atoms with Crippen molar-refractivity contribution in [2.75, 3.05) is 18.9 Å². The molecule has 0 saturated carbocycles. The van der Waals surface area contributed by atoms with Crippen molar-refractivity contribution in [1.29, 1.82) is 0 Å². The monoisotopic (exact) mass is 457 g/mol. The Bertz CT molecular complexity index is 1010. The lowest BCUT2D eigenvalue weighted by molar-refractivity contribution is -0.116. The van der Waals surface area contributed by atoms with E-state index >= 15 is 0 Å². The molecule has 0 unspecified atom stereocenters. The maximum Gasteiger partial charge on any atom is 0.273 e. The Morgan fingerprint density at radius 2 is 1.86 bits per heavy atom. The SMILES string of the molecule is Cc1ccc(-c2nc(C(=O)N(C)CC(=O)Nc3ccc(Br)cc3C)cs2)cc1. The quantitative estimate of drug-likeness (QED) is 0.592. The van der Waals surface area contributed by atoms with Gasteiger partial charge >= 0.3 is 0 Å². The molecule has 7 heteroatoms. The molecule has 3 aromatic rings. The molecule has 2 aromatic carbocycles. The summed E-state index contributed by atoms with van der Waals surface area (Å²) in [6.45, 7) is 3.89. The Morgan fingerprint density at radius 1 is 1.14 bits per heavy atom. The first-order chi connectivity index (χ1) is 13.3. The molecule has 0 aliphatic heterocycles. The maximum atomic E-state index is 12.6. The lowest BCUT2D eigenvalue weighted by Gasteiger charge is -2.16. The van der Waals surface area contributed by atoms with Gasteiger partial charge in [-0.1, -0.05) is 45.8 Å². The third-order valence-corrected chi connectivity index (χ3v) is 5.60. The van der Waals surface area contributed by atoms with Gasteiger partial charge in [0.05, 0.1) is 6.54 Å². The number of anilines is 1. The van der Waals surface area contributed by atoms with Crippen molar-refractivity contribution in [2.24, 2.45) is 0 Å². The van der Waals surface area contributed by atoms with Crippen molar-refractivity contribution < 1.29 is 9.59 Å². The number of amides is 2. The molecular weight excluding hydrogens is 438 g/mol. The predicted molar refractivity (Wildman–Crippen MR) is 117 cm³/mol. The first-order valence-corrected chi connectivity index (χ1v) is 10.3. The molecule has 0 atom stereocenters. The van der Waals surface area contributed by atoms with Crippen LogP contribution in [-0.4, -0.2) is 35.3 Å². The highest BCUT2D eigenvalue weighted by atomic mass is 79.9. The molecule has 5 nitrogen and oxygen atoms in total. The van der Waals surface area contributed by atoms with E-state index in [2.05, 4.69) is 26.2 Å². The molecule has 0 saturated heterocycles. The number of hydrogen-bond donors (Lipinski definition) is 1. The lowest BCUT2D eigenvalue weighted by Crippen LogP contribution is -2.35. The van der Waals surface area contributed by atoms with Gasteiger partial charge in [-0.15, -0.1) is 11.3 Å². The number of likely N-dealkylation sites (N-methyl/N-ethyl adjacent to an activating group) is 1. The Kier molecular flexibility index (Phi) is 6.26. The number of benzene rings is 2. The standard InChI is InChI=1S/C21H20BrN3O2S/c1-13-4-6-15(7-5-13)20-24-18(12-28-20)21(27)25(3)11-19(26)23-17-9-8-16(22)10-14(17)2/h4-10,12H,11H2,1-3H3,(H,23,26). The summed E-state index contributed by atoms with van der Waals surface area (Å²) in [4.78, 5) is 30.8. The Balaban J connectivity index is 1.64. The van der Waals surface area contributed by atoms with E-state index in [0.717, 1.165) is 26.3 Å². The van der Waals surface area contributed by atoms with Gasteiger partial charge in [0.25, 0.3) is 5.91 Å². The number of nitrogens with zero attached hydrogens (tertiary/aromatic N) is 2. The molecule has 0 bridgehead atoms. The number of halogens is 1. The minimum Gasteiger partial charge on any atom is -0.331 e. The number of hydrogen-bond acceptors (Lipinski definition) is 4. The number of carbonyl (C=O) groups excluding carboxylic acids is 2. The highest BCUT2D eigenvalue weighted by Gasteiger charge is 2.18. The van der Waals surface area contributed by atoms with E-state index in [1.165, 1.54) is 21.8 Å². The minimum atomic E-state index is -0.280. The van der Waals surface area contributed by atoms with Gasteiger partial charge < -0.3 is 10.2 Å². The van der Waals surface area contributed by atoms with Gasteiger partial charge in [0, 0.05) is 28.2 Å². The first-order valence-electron chi connectivity index (χ1n) is 8.67. The van der Waals surface area contributed by atoms with E-state index in [0.29, 0.717) is 5.69 Å². The minimum absolute atomic E-state index is 0.0499. The summed E-state index contributed by atoms with van der Waals surface area (Å²) in [5, 5.41) is 5.35. The van der Waals surface area contributed by atoms with Crippen molar-refractivity contribution in [3.63, 3.8) is 0 Å². The van der Waals surface area contributed by atoms with Crippen LogP contribution in [0.25, 0.3) is 10.6 Å². The van der Waals surface area contributed by atoms with Crippen LogP contribution in [0.1, 0.15) is 21.6 Å². The fraction of sp³-hybridized carbons (Fsp3) is 0.190. The molecule has 1 heterocycles. The zero-order chi connectivity index (χ0) is 20.3. The second-order valence-corrected chi connectivity index (χ2v) is 8.35. The smallest absolute Gasteiger partial charge is 0.273 e. The van der Waals surface area contributed by atoms with Crippen molar-refractivity contribution in [2.45, 2.75) is 13.8 Å². The number of carbonyl (C=O) groups is 2. The highest BCUT2D eigenvalue weighted by Crippen LogP contribution is 2.24. The second-order valence-electron chi connectivity index (χ2n) is 6.57. The van der Waals surface area contributed by atoms with Crippen molar-refractivity contribution in [3.05, 3.63) is 69.1 Å². The number of rotatable bonds is 5. The van der Waals surface area contributed by atoms with Crippen LogP contribution in [-0.2, 0) is 4.79 Å². The average Bonchev–Trinajstić information content (AvgIpc) is 3.14. The summed E-state index contributed by atoms with van der Waals surface area (Å²) in [7, 11) is 1.60. The Morgan fingerprint density at radius 3 is 2.54 bits per heavy atom. The molecule has 0 spiro atoms. The summed E-state index contributed by atoms with van der Waals surface area (Å²) >= 11 is 4.81. The van der Waals surface area contributed by atoms with E-state index in [1.807, 2.05) is 56.3 Å². The van der Waals surface area contributed by atoms with Gasteiger partial charge in [0.15, 0.2) is 0 Å². The summed E-state index contributed by atoms with van der Waals surface area (Å²) in [6, 6.07) is 13.6. The fourth-order valence-corrected chi connectivity index (χ4v) is 3.92. The Hall–Kier alpha value is -2.51. The highest BCUT2D eigenvalue weighted by molar-refractivity contribution is 9.10. The first kappa shape index (κ1) is 20.2. The van der Waals surface area contributed by atoms with Crippen LogP contribution >= 0.6 is 27.3 Å². The van der Waals surface area contributed by atoms with Crippen LogP contribution in [0.15, 0.2) is 52.3 Å². The molecule has 0 radical (unpaired) electrons. The number of thiazole rings is 1. The van der Waals surface area contributed by atoms with Crippen LogP contribution < -0.4 is 5.32 Å². The molecule has 0 aliphatic carbocycles. The molecule has 0 aliphatic rings. The number of aromatic nitrogens is 1.